The van der Waals surface area contributed by atoms with Crippen LogP contribution in [0.15, 0.2) is 189 Å². The number of nitrogens with one attached hydrogen (secondary N) is 2. The second-order valence-corrected chi connectivity index (χ2v) is 37.1. The fourth-order valence-corrected chi connectivity index (χ4v) is 15.2. The van der Waals surface area contributed by atoms with Gasteiger partial charge in [0, 0.05) is 128 Å². The molecule has 4 unspecified atom stereocenters. The molecule has 4 aliphatic heterocycles. The Kier molecular flexibility index (Phi) is 38.9. The van der Waals surface area contributed by atoms with Gasteiger partial charge >= 0.3 is 24.5 Å². The van der Waals surface area contributed by atoms with Gasteiger partial charge in [-0.25, -0.2) is 56.7 Å². The van der Waals surface area contributed by atoms with Gasteiger partial charge in [0.1, 0.15) is 69.0 Å². The molecule has 16 rings (SSSR count). The van der Waals surface area contributed by atoms with E-state index in [1.165, 1.54) is 48.5 Å². The number of fused-ring (bicyclic) bond motifs is 8. The normalized spacial score (nSPS) is 15.1. The van der Waals surface area contributed by atoms with Gasteiger partial charge in [0.25, 0.3) is 22.2 Å². The molecule has 0 saturated carbocycles. The first kappa shape index (κ1) is 109. The van der Waals surface area contributed by atoms with Crippen molar-refractivity contribution in [1.82, 2.24) is 53.7 Å². The molecule has 0 bridgehead atoms. The van der Waals surface area contributed by atoms with Gasteiger partial charge < -0.3 is 45.0 Å². The van der Waals surface area contributed by atoms with Gasteiger partial charge in [-0.15, -0.1) is 12.4 Å². The van der Waals surface area contributed by atoms with Crippen LogP contribution in [-0.4, -0.2) is 135 Å². The molecular formula is C109H122ClF5N12O13. The van der Waals surface area contributed by atoms with Crippen LogP contribution >= 0.6 is 12.4 Å². The highest BCUT2D eigenvalue weighted by Gasteiger charge is 2.31. The number of alkyl halides is 1. The number of benzene rings is 8. The molecule has 0 fully saturated rings. The molecule has 12 aromatic rings. The lowest BCUT2D eigenvalue weighted by Crippen LogP contribution is -2.41. The van der Waals surface area contributed by atoms with Gasteiger partial charge in [0.15, 0.2) is 0 Å². The van der Waals surface area contributed by atoms with Crippen molar-refractivity contribution in [2.45, 2.75) is 248 Å². The number of carbonyl (C=O) groups excluding carboxylic acids is 4. The van der Waals surface area contributed by atoms with Crippen LogP contribution in [0.2, 0.25) is 0 Å². The zero-order valence-corrected chi connectivity index (χ0v) is 80.5. The Morgan fingerprint density at radius 2 is 0.679 bits per heavy atom. The van der Waals surface area contributed by atoms with Crippen LogP contribution in [0.25, 0.3) is 43.6 Å². The van der Waals surface area contributed by atoms with Crippen molar-refractivity contribution in [2.75, 3.05) is 21.2 Å². The highest BCUT2D eigenvalue weighted by Crippen LogP contribution is 2.26. The third-order valence-electron chi connectivity index (χ3n) is 21.8. The van der Waals surface area contributed by atoms with E-state index in [9.17, 15) is 60.3 Å². The number of nitrogens with zero attached hydrogens (tertiary/aromatic N) is 9. The predicted octanol–water partition coefficient (Wildman–Crippen LogP) is 19.3. The van der Waals surface area contributed by atoms with Crippen molar-refractivity contribution in [2.24, 2.45) is 5.73 Å². The van der Waals surface area contributed by atoms with E-state index < -0.39 is 48.0 Å². The Hall–Kier alpha value is -14.3. The molecule has 4 atom stereocenters. The third kappa shape index (κ3) is 32.4. The molecule has 4 aliphatic rings. The number of hydrogen-bond donors (Lipinski definition) is 3. The van der Waals surface area contributed by atoms with Crippen LogP contribution in [0.5, 0.6) is 0 Å². The predicted molar refractivity (Wildman–Crippen MR) is 538 cm³/mol. The van der Waals surface area contributed by atoms with Gasteiger partial charge in [0.2, 0.25) is 0 Å². The number of alkyl carbamates (subject to hydrolysis) is 1. The number of rotatable bonds is 3. The lowest BCUT2D eigenvalue weighted by Gasteiger charge is -2.30. The van der Waals surface area contributed by atoms with Gasteiger partial charge in [-0.1, -0.05) is 86.5 Å². The molecule has 25 nitrogen and oxygen atoms in total. The average molecular weight is 1940 g/mol. The van der Waals surface area contributed by atoms with Crippen molar-refractivity contribution >= 4 is 80.5 Å². The molecule has 2 amide bonds. The Labute approximate surface area is 820 Å². The van der Waals surface area contributed by atoms with Gasteiger partial charge in [-0.3, -0.25) is 41.8 Å². The van der Waals surface area contributed by atoms with Crippen molar-refractivity contribution in [3.05, 3.63) is 302 Å². The fourth-order valence-electron chi connectivity index (χ4n) is 15.2. The number of ether oxygens (including phenoxy) is 5. The van der Waals surface area contributed by atoms with E-state index >= 15 is 0 Å². The average Bonchev–Trinajstić information content (AvgIpc) is 1.73. The molecule has 140 heavy (non-hydrogen) atoms. The second kappa shape index (κ2) is 49.8. The van der Waals surface area contributed by atoms with Crippen LogP contribution in [0.4, 0.5) is 41.1 Å². The van der Waals surface area contributed by atoms with E-state index in [4.69, 9.17) is 41.0 Å². The van der Waals surface area contributed by atoms with Crippen molar-refractivity contribution in [1.29, 1.82) is 0 Å². The number of aromatic nitrogens is 8. The minimum absolute atomic E-state index is 0. The Balaban J connectivity index is 0.000000217. The number of carbonyl (C=O) groups is 4. The number of aryl methyl sites for hydroxylation is 4. The Morgan fingerprint density at radius 3 is 0.986 bits per heavy atom. The lowest BCUT2D eigenvalue weighted by molar-refractivity contribution is -0.0295. The number of halogens is 6. The summed E-state index contributed by atoms with van der Waals surface area (Å²) in [5, 5.41) is 8.45. The summed E-state index contributed by atoms with van der Waals surface area (Å²) in [5.74, 6) is 25.6. The number of nitrogens with two attached hydrogens (primary N) is 1. The smallest absolute Gasteiger partial charge is 0.444 e. The van der Waals surface area contributed by atoms with Crippen LogP contribution in [0.1, 0.15) is 218 Å². The summed E-state index contributed by atoms with van der Waals surface area (Å²) in [6.45, 7) is 23.3. The van der Waals surface area contributed by atoms with E-state index in [0.29, 0.717) is 166 Å². The van der Waals surface area contributed by atoms with E-state index in [-0.39, 0.29) is 97.0 Å². The summed E-state index contributed by atoms with van der Waals surface area (Å²) < 4.78 is 100. The summed E-state index contributed by atoms with van der Waals surface area (Å²) in [4.78, 5) is 119. The van der Waals surface area contributed by atoms with E-state index in [2.05, 4.69) is 67.7 Å². The zero-order chi connectivity index (χ0) is 99.9. The van der Waals surface area contributed by atoms with Crippen LogP contribution in [0, 0.1) is 70.6 Å². The molecule has 31 heteroatoms. The summed E-state index contributed by atoms with van der Waals surface area (Å²) >= 11 is 0. The first-order valence-electron chi connectivity index (χ1n) is 45.8. The van der Waals surface area contributed by atoms with E-state index in [1.54, 1.807) is 175 Å². The molecule has 8 heterocycles. The Bertz CT molecular complexity index is 7030. The maximum atomic E-state index is 13.4. The van der Waals surface area contributed by atoms with Crippen LogP contribution in [-0.2, 0) is 75.5 Å². The van der Waals surface area contributed by atoms with Crippen molar-refractivity contribution < 1.29 is 66.2 Å². The number of hydrogen-bond acceptors (Lipinski definition) is 19. The summed E-state index contributed by atoms with van der Waals surface area (Å²) in [5.41, 5.74) is 11.0. The number of amides is 2. The fraction of sp³-hybridized carbons (Fsp3) is 0.376. The maximum Gasteiger partial charge on any atom is 0.519 e. The van der Waals surface area contributed by atoms with Gasteiger partial charge in [0.05, 0.1) is 52.1 Å². The van der Waals surface area contributed by atoms with E-state index in [0.717, 1.165) is 54.9 Å². The Morgan fingerprint density at radius 1 is 0.400 bits per heavy atom. The lowest BCUT2D eigenvalue weighted by atomic mass is 10.1. The minimum Gasteiger partial charge on any atom is -0.444 e. The minimum atomic E-state index is -1.06. The molecule has 0 aliphatic carbocycles. The largest absolute Gasteiger partial charge is 0.519 e. The summed E-state index contributed by atoms with van der Waals surface area (Å²) in [6.07, 6.45) is 5.80. The first-order chi connectivity index (χ1) is 65.4. The maximum absolute atomic E-state index is 13.4. The quantitative estimate of drug-likeness (QED) is 0.0486. The highest BCUT2D eigenvalue weighted by atomic mass is 35.5. The standard InChI is InChI=1S/C27H28FN3O3.C26H26FN3O3.C22H20FN3O.C21H18FN3O.C10H18O5.CH3F.2CH4.ClH/c1-27(2,3)34-26(33)30(4)21-11-13-24-29-23-17-19(9-8-18-6-5-7-20(28)16-18)10-12-22(23)25(32)31(24)15-14-21;1-26(2,3)33-25(32)28-20-10-12-23-29-22-16-18(8-7-17-5-4-6-19(27)15-17)9-11-21(22)24(31)30(23)14-13-20;1-24-18-8-10-21-25-20-14-16(6-5-15-3-2-4-17(23)13-15)7-9-19(20)22(27)26(21)12-11-18;22-16-3-1-2-14(12-16)4-5-15-6-8-18-19(13-15)24-20-9-7-17(23)10-11-25(20)21(18)26;1-9(2,3)14-7(11)13-8(12)15-10(4,5)6;1-2;;;/h5-7,10,12,16-17,21H,11,13-15H2,1-4H3;4-6,9,11,15-16,20H,10,12-14H2,1-3H3,(H,28,32);2-4,7,9,13-14,18,24H,8,10-12H2,1H3;1-3,6,8,12-13,17H,7,9-11,23H2;1-6H3;1H3;2*1H4;1H/i;;;;;1D;;;. The monoisotopic (exact) mass is 1940 g/mol. The molecule has 8 aromatic carbocycles. The molecule has 4 aromatic heterocycles. The van der Waals surface area contributed by atoms with Gasteiger partial charge in [-0.2, -0.15) is 0 Å². The molecule has 4 N–H and O–H groups in total. The summed E-state index contributed by atoms with van der Waals surface area (Å²) in [7, 11) is 2.70. The van der Waals surface area contributed by atoms with Crippen molar-refractivity contribution in [3.63, 3.8) is 0 Å². The first-order valence-corrected chi connectivity index (χ1v) is 45.0. The van der Waals surface area contributed by atoms with E-state index in [1.807, 2.05) is 66.8 Å². The highest BCUT2D eigenvalue weighted by molar-refractivity contribution is 5.86. The molecular weight excluding hydrogens is 1820 g/mol. The SMILES string of the molecule is C.C.CC(C)(C)OC(=O)NC1CCc2nc3cc(C#Cc4cccc(F)c4)ccc3c(=O)n2CC1.CC(C)(C)OC(=O)OC(=O)OC(C)(C)C.CN(C(=O)OC(C)(C)C)C1CCc2nc3cc(C#Cc4cccc(F)c4)ccc3c(=O)n2CC1.CNC1CCc2nc3cc(C#Cc4cccc(F)c4)ccc3c(=O)n2CC1.Cl.NC1CCc2nc3cc(C#Cc4cccc(F)c4)ccc3c(=O)n2CC1.[2H]CF. The molecule has 0 radical (unpaired) electrons. The third-order valence-corrected chi connectivity index (χ3v) is 21.8. The summed E-state index contributed by atoms with van der Waals surface area (Å²) in [6, 6.07) is 46.3. The van der Waals surface area contributed by atoms with Gasteiger partial charge in [-0.05, 0) is 287 Å². The van der Waals surface area contributed by atoms with Crippen LogP contribution in [0.3, 0.4) is 0 Å². The second-order valence-electron chi connectivity index (χ2n) is 37.1. The zero-order valence-electron chi connectivity index (χ0n) is 80.7. The molecule has 738 valence electrons. The molecule has 0 spiro atoms. The van der Waals surface area contributed by atoms with Crippen molar-refractivity contribution in [3.8, 4) is 47.4 Å². The topological polar surface area (TPSA) is 307 Å². The van der Waals surface area contributed by atoms with Crippen LogP contribution < -0.4 is 38.6 Å². The molecule has 0 saturated heterocycles.